The van der Waals surface area contributed by atoms with E-state index in [1.165, 1.54) is 13.0 Å². The van der Waals surface area contributed by atoms with Gasteiger partial charge in [-0.1, -0.05) is 13.8 Å². The fourth-order valence-electron chi connectivity index (χ4n) is 4.41. The number of sulfone groups is 1. The molecule has 1 amide bonds. The van der Waals surface area contributed by atoms with Gasteiger partial charge in [0, 0.05) is 61.6 Å². The fourth-order valence-corrected chi connectivity index (χ4v) is 5.01. The third kappa shape index (κ3) is 8.14. The second kappa shape index (κ2) is 12.6. The van der Waals surface area contributed by atoms with Gasteiger partial charge in [0.1, 0.15) is 17.4 Å². The average molecular weight is 599 g/mol. The number of aromatic nitrogens is 3. The summed E-state index contributed by atoms with van der Waals surface area (Å²) in [5.41, 5.74) is 2.13. The molecule has 3 aromatic heterocycles. The van der Waals surface area contributed by atoms with E-state index in [0.29, 0.717) is 22.8 Å². The van der Waals surface area contributed by atoms with Crippen molar-refractivity contribution in [1.29, 1.82) is 0 Å². The van der Waals surface area contributed by atoms with Crippen LogP contribution in [-0.2, 0) is 19.4 Å². The lowest BCUT2D eigenvalue weighted by Crippen LogP contribution is -2.45. The number of nitrogens with zero attached hydrogens (tertiary/aromatic N) is 4. The van der Waals surface area contributed by atoms with Gasteiger partial charge < -0.3 is 30.1 Å². The van der Waals surface area contributed by atoms with Crippen molar-refractivity contribution in [2.75, 3.05) is 48.1 Å². The van der Waals surface area contributed by atoms with E-state index in [-0.39, 0.29) is 47.9 Å². The second-order valence-corrected chi connectivity index (χ2v) is 13.4. The van der Waals surface area contributed by atoms with Crippen LogP contribution in [0, 0.1) is 5.41 Å². The summed E-state index contributed by atoms with van der Waals surface area (Å²) in [6.45, 7) is 10.7. The lowest BCUT2D eigenvalue weighted by molar-refractivity contribution is -0.114. The van der Waals surface area contributed by atoms with Crippen LogP contribution in [0.2, 0.25) is 0 Å². The number of hydrogen-bond acceptors (Lipinski definition) is 11. The number of morpholine rings is 1. The van der Waals surface area contributed by atoms with Crippen molar-refractivity contribution in [2.24, 2.45) is 5.41 Å². The maximum absolute atomic E-state index is 12.4. The molecule has 0 radical (unpaired) electrons. The molecule has 13 heteroatoms. The van der Waals surface area contributed by atoms with Crippen LogP contribution in [0.25, 0.3) is 11.3 Å². The van der Waals surface area contributed by atoms with E-state index in [4.69, 9.17) is 14.5 Å². The molecule has 1 fully saturated rings. The van der Waals surface area contributed by atoms with E-state index < -0.39 is 15.3 Å². The molecule has 3 N–H and O–H groups in total. The summed E-state index contributed by atoms with van der Waals surface area (Å²) in [6, 6.07) is 8.41. The van der Waals surface area contributed by atoms with Crippen LogP contribution in [0.1, 0.15) is 34.6 Å². The Morgan fingerprint density at radius 3 is 2.43 bits per heavy atom. The molecule has 0 bridgehead atoms. The topological polar surface area (TPSA) is 156 Å². The van der Waals surface area contributed by atoms with E-state index >= 15 is 0 Å². The Kier molecular flexibility index (Phi) is 9.34. The van der Waals surface area contributed by atoms with Crippen molar-refractivity contribution in [1.82, 2.24) is 15.0 Å². The van der Waals surface area contributed by atoms with E-state index in [1.807, 2.05) is 39.8 Å². The number of aliphatic hydroxyl groups is 1. The molecule has 2 unspecified atom stereocenters. The lowest BCUT2D eigenvalue weighted by Gasteiger charge is -2.36. The summed E-state index contributed by atoms with van der Waals surface area (Å²) in [7, 11) is -3.69. The van der Waals surface area contributed by atoms with Gasteiger partial charge in [0.15, 0.2) is 14.9 Å². The largest absolute Gasteiger partial charge is 0.493 e. The van der Waals surface area contributed by atoms with Gasteiger partial charge in [-0.15, -0.1) is 0 Å². The van der Waals surface area contributed by atoms with Crippen LogP contribution in [0.5, 0.6) is 5.75 Å². The SMILES string of the molecule is CC(=O)Nc1cc(Nc2cc(OCC(C)(C)CO)cc(S(C)(=O)=O)n2)c(-c2ccc(N3CC(C)OC(C)C3)cn2)cn1. The maximum Gasteiger partial charge on any atom is 0.222 e. The standard InChI is InChI=1S/C29H38N6O6S/c1-18-14-35(15-19(2)41-18)21-7-8-24(30-12-21)23-13-31-26(32-20(3)37)11-25(23)33-27-9-22(40-17-29(4,5)16-36)10-28(34-27)42(6,38)39/h7-13,18-19,36H,14-17H2,1-6H3,(H2,31,32,33,34,37). The zero-order chi connectivity index (χ0) is 30.7. The normalized spacial score (nSPS) is 17.5. The molecule has 12 nitrogen and oxygen atoms in total. The highest BCUT2D eigenvalue weighted by Gasteiger charge is 2.23. The highest BCUT2D eigenvalue weighted by atomic mass is 32.2. The Labute approximate surface area is 246 Å². The third-order valence-corrected chi connectivity index (χ3v) is 7.46. The Morgan fingerprint density at radius 2 is 1.83 bits per heavy atom. The summed E-state index contributed by atoms with van der Waals surface area (Å²) in [6.07, 6.45) is 4.65. The second-order valence-electron chi connectivity index (χ2n) is 11.4. The van der Waals surface area contributed by atoms with Gasteiger partial charge >= 0.3 is 0 Å². The number of carbonyl (C=O) groups excluding carboxylic acids is 1. The molecular formula is C29H38N6O6S. The molecular weight excluding hydrogens is 560 g/mol. The van der Waals surface area contributed by atoms with E-state index in [1.54, 1.807) is 24.5 Å². The Morgan fingerprint density at radius 1 is 1.12 bits per heavy atom. The molecule has 42 heavy (non-hydrogen) atoms. The van der Waals surface area contributed by atoms with Gasteiger partial charge in [0.05, 0.1) is 48.7 Å². The summed E-state index contributed by atoms with van der Waals surface area (Å²) < 4.78 is 36.6. The first-order valence-electron chi connectivity index (χ1n) is 13.6. The van der Waals surface area contributed by atoms with Crippen molar-refractivity contribution in [3.05, 3.63) is 42.7 Å². The fraction of sp³-hybridized carbons (Fsp3) is 0.448. The molecule has 0 aromatic carbocycles. The molecule has 0 saturated carbocycles. The number of aliphatic hydroxyl groups excluding tert-OH is 1. The summed E-state index contributed by atoms with van der Waals surface area (Å²) in [5, 5.41) is 15.3. The number of nitrogens with one attached hydrogen (secondary N) is 2. The number of anilines is 4. The van der Waals surface area contributed by atoms with E-state index in [2.05, 4.69) is 25.5 Å². The Hall–Kier alpha value is -3.81. The van der Waals surface area contributed by atoms with Gasteiger partial charge in [0.25, 0.3) is 0 Å². The van der Waals surface area contributed by atoms with Gasteiger partial charge in [-0.3, -0.25) is 9.78 Å². The summed E-state index contributed by atoms with van der Waals surface area (Å²) >= 11 is 0. The van der Waals surface area contributed by atoms with Crippen LogP contribution in [0.3, 0.4) is 0 Å². The first-order chi connectivity index (χ1) is 19.7. The number of pyridine rings is 3. The van der Waals surface area contributed by atoms with Crippen LogP contribution in [0.15, 0.2) is 47.8 Å². The zero-order valence-corrected chi connectivity index (χ0v) is 25.5. The first-order valence-corrected chi connectivity index (χ1v) is 15.5. The van der Waals surface area contributed by atoms with Crippen molar-refractivity contribution in [2.45, 2.75) is 51.9 Å². The zero-order valence-electron chi connectivity index (χ0n) is 24.7. The molecule has 2 atom stereocenters. The summed E-state index contributed by atoms with van der Waals surface area (Å²) in [5.74, 6) is 0.464. The average Bonchev–Trinajstić information content (AvgIpc) is 2.91. The molecule has 1 aliphatic heterocycles. The minimum Gasteiger partial charge on any atom is -0.493 e. The third-order valence-electron chi connectivity index (χ3n) is 6.49. The van der Waals surface area contributed by atoms with Crippen molar-refractivity contribution in [3.8, 4) is 17.0 Å². The van der Waals surface area contributed by atoms with Crippen molar-refractivity contribution >= 4 is 38.8 Å². The minimum absolute atomic E-state index is 0.105. The molecule has 3 aromatic rings. The summed E-state index contributed by atoms with van der Waals surface area (Å²) in [4.78, 5) is 27.3. The van der Waals surface area contributed by atoms with E-state index in [0.717, 1.165) is 25.0 Å². The minimum atomic E-state index is -3.69. The molecule has 1 aliphatic rings. The number of rotatable bonds is 10. The predicted molar refractivity (Wildman–Crippen MR) is 161 cm³/mol. The highest BCUT2D eigenvalue weighted by molar-refractivity contribution is 7.90. The van der Waals surface area contributed by atoms with Gasteiger partial charge in [-0.25, -0.2) is 18.4 Å². The Bertz CT molecular complexity index is 1520. The van der Waals surface area contributed by atoms with Crippen LogP contribution >= 0.6 is 0 Å². The van der Waals surface area contributed by atoms with Crippen LogP contribution < -0.4 is 20.3 Å². The maximum atomic E-state index is 12.4. The van der Waals surface area contributed by atoms with Gasteiger partial charge in [-0.2, -0.15) is 0 Å². The molecule has 4 rings (SSSR count). The van der Waals surface area contributed by atoms with Crippen LogP contribution in [0.4, 0.5) is 23.0 Å². The first kappa shape index (κ1) is 31.1. The van der Waals surface area contributed by atoms with E-state index in [9.17, 15) is 18.3 Å². The molecule has 4 heterocycles. The van der Waals surface area contributed by atoms with Crippen molar-refractivity contribution in [3.63, 3.8) is 0 Å². The molecule has 226 valence electrons. The number of hydrogen-bond donors (Lipinski definition) is 3. The monoisotopic (exact) mass is 598 g/mol. The quantitative estimate of drug-likeness (QED) is 0.313. The molecule has 0 spiro atoms. The molecule has 0 aliphatic carbocycles. The number of carbonyl (C=O) groups is 1. The smallest absolute Gasteiger partial charge is 0.222 e. The van der Waals surface area contributed by atoms with Crippen molar-refractivity contribution < 1.29 is 27.8 Å². The lowest BCUT2D eigenvalue weighted by atomic mass is 9.97. The van der Waals surface area contributed by atoms with Crippen LogP contribution in [-0.4, -0.2) is 79.2 Å². The van der Waals surface area contributed by atoms with Gasteiger partial charge in [-0.05, 0) is 26.0 Å². The van der Waals surface area contributed by atoms with Gasteiger partial charge in [0.2, 0.25) is 5.91 Å². The Balaban J connectivity index is 1.70. The molecule has 1 saturated heterocycles. The number of amides is 1. The number of ether oxygens (including phenoxy) is 2. The highest BCUT2D eigenvalue weighted by Crippen LogP contribution is 2.33. The predicted octanol–water partition coefficient (Wildman–Crippen LogP) is 3.66.